The third-order valence-corrected chi connectivity index (χ3v) is 17.2. The lowest BCUT2D eigenvalue weighted by atomic mass is 9.33. The lowest BCUT2D eigenvalue weighted by molar-refractivity contribution is -0.633. The maximum atomic E-state index is 2.59. The van der Waals surface area contributed by atoms with E-state index in [1.807, 2.05) is 0 Å². The number of nitrogens with zero attached hydrogens (tertiary/aromatic N) is 4. The van der Waals surface area contributed by atoms with Crippen molar-refractivity contribution >= 4 is 68.3 Å². The molecule has 5 heteroatoms. The summed E-state index contributed by atoms with van der Waals surface area (Å²) in [6, 6.07) is 61.7. The molecule has 0 atom stereocenters. The van der Waals surface area contributed by atoms with Crippen molar-refractivity contribution in [2.45, 2.75) is 151 Å². The van der Waals surface area contributed by atoms with Gasteiger partial charge in [0, 0.05) is 45.3 Å². The second-order valence-corrected chi connectivity index (χ2v) is 27.5. The van der Waals surface area contributed by atoms with Gasteiger partial charge in [0.25, 0.3) is 12.5 Å². The normalized spacial score (nSPS) is 13.7. The molecule has 9 aromatic rings. The van der Waals surface area contributed by atoms with E-state index in [-0.39, 0.29) is 28.4 Å². The van der Waals surface area contributed by atoms with Gasteiger partial charge in [-0.3, -0.25) is 0 Å². The summed E-state index contributed by atoms with van der Waals surface area (Å²) < 4.78 is 5.02. The number of hydrogen-bond acceptors (Lipinski definition) is 2. The fourth-order valence-corrected chi connectivity index (χ4v) is 12.5. The summed E-state index contributed by atoms with van der Waals surface area (Å²) in [5, 5.41) is 0. The monoisotopic (exact) mass is 1030 g/mol. The molecule has 0 amide bonds. The lowest BCUT2D eigenvalue weighted by Crippen LogP contribution is -2.61. The van der Waals surface area contributed by atoms with Crippen LogP contribution in [0.25, 0.3) is 39.2 Å². The quantitative estimate of drug-likeness (QED) is 0.117. The number of anilines is 6. The van der Waals surface area contributed by atoms with Crippen LogP contribution in [0.3, 0.4) is 0 Å². The summed E-state index contributed by atoms with van der Waals surface area (Å²) in [5.74, 6) is 1.84. The first-order valence-electron chi connectivity index (χ1n) is 28.7. The highest BCUT2D eigenvalue weighted by molar-refractivity contribution is 7.00. The van der Waals surface area contributed by atoms with Gasteiger partial charge >= 0.3 is 0 Å². The van der Waals surface area contributed by atoms with E-state index in [0.29, 0.717) is 11.8 Å². The van der Waals surface area contributed by atoms with E-state index >= 15 is 0 Å². The Hall–Kier alpha value is -7.11. The molecule has 3 heterocycles. The molecule has 0 bridgehead atoms. The molecule has 8 aromatic carbocycles. The van der Waals surface area contributed by atoms with Crippen LogP contribution >= 0.6 is 0 Å². The molecule has 0 radical (unpaired) electrons. The maximum absolute atomic E-state index is 2.59. The Morgan fingerprint density at radius 3 is 1.33 bits per heavy atom. The number of para-hydroxylation sites is 3. The van der Waals surface area contributed by atoms with Gasteiger partial charge < -0.3 is 9.80 Å². The number of rotatable bonds is 7. The number of benzene rings is 8. The first kappa shape index (κ1) is 52.9. The summed E-state index contributed by atoms with van der Waals surface area (Å²) >= 11 is 0. The van der Waals surface area contributed by atoms with Gasteiger partial charge in [-0.15, -0.1) is 0 Å². The van der Waals surface area contributed by atoms with Crippen LogP contribution in [0.5, 0.6) is 0 Å². The summed E-state index contributed by atoms with van der Waals surface area (Å²) in [6.07, 6.45) is 0. The molecule has 0 saturated carbocycles. The van der Waals surface area contributed by atoms with Gasteiger partial charge in [0.15, 0.2) is 11.0 Å². The molecule has 0 N–H and O–H groups in total. The molecule has 11 rings (SSSR count). The molecule has 0 saturated heterocycles. The topological polar surface area (TPSA) is 15.3 Å². The van der Waals surface area contributed by atoms with Gasteiger partial charge in [0.1, 0.15) is 5.69 Å². The van der Waals surface area contributed by atoms with Crippen molar-refractivity contribution in [3.8, 4) is 28.2 Å². The molecular formula is C73H82BN4+. The fraction of sp³-hybridized carbons (Fsp3) is 0.329. The van der Waals surface area contributed by atoms with Crippen LogP contribution in [0.15, 0.2) is 158 Å². The molecule has 2 aliphatic rings. The summed E-state index contributed by atoms with van der Waals surface area (Å²) in [7, 11) is 2.26. The van der Waals surface area contributed by atoms with Crippen molar-refractivity contribution in [1.29, 1.82) is 0 Å². The highest BCUT2D eigenvalue weighted by Gasteiger charge is 2.45. The summed E-state index contributed by atoms with van der Waals surface area (Å²) in [6.45, 7) is 39.6. The minimum Gasteiger partial charge on any atom is -0.311 e. The number of aryl methyl sites for hydroxylation is 2. The highest BCUT2D eigenvalue weighted by atomic mass is 15.2. The minimum absolute atomic E-state index is 0.0142. The van der Waals surface area contributed by atoms with Crippen molar-refractivity contribution < 1.29 is 4.57 Å². The van der Waals surface area contributed by atoms with Gasteiger partial charge in [0.2, 0.25) is 0 Å². The smallest absolute Gasteiger partial charge is 0.295 e. The Kier molecular flexibility index (Phi) is 12.7. The van der Waals surface area contributed by atoms with Crippen molar-refractivity contribution in [1.82, 2.24) is 4.57 Å². The summed E-state index contributed by atoms with van der Waals surface area (Å²) in [4.78, 5) is 5.19. The van der Waals surface area contributed by atoms with Crippen molar-refractivity contribution in [2.24, 2.45) is 7.05 Å². The highest BCUT2D eigenvalue weighted by Crippen LogP contribution is 2.48. The van der Waals surface area contributed by atoms with E-state index in [9.17, 15) is 0 Å². The summed E-state index contributed by atoms with van der Waals surface area (Å²) in [5.41, 5.74) is 27.7. The van der Waals surface area contributed by atoms with E-state index in [4.69, 9.17) is 0 Å². The SMILES string of the molecule is Cc1ccc(-c2cc3c4c(c2)N(c2ccc(C(C)(C)C)cc2)c2ccc(C(C)(C)C)cc2B4c2cc(C(C)(C)C)ccc2N3c2ccc(C(C)(C)C)cc2)cc1-c1n(-c2c(C(C)C)cccc2C(C)C)c2ccccc2[n+]1C. The predicted octanol–water partition coefficient (Wildman–Crippen LogP) is 17.6. The van der Waals surface area contributed by atoms with Crippen molar-refractivity contribution in [2.75, 3.05) is 9.80 Å². The molecular weight excluding hydrogens is 944 g/mol. The van der Waals surface area contributed by atoms with Crippen LogP contribution in [-0.2, 0) is 28.7 Å². The third kappa shape index (κ3) is 8.90. The molecule has 1 aromatic heterocycles. The molecule has 78 heavy (non-hydrogen) atoms. The molecule has 0 aliphatic carbocycles. The lowest BCUT2D eigenvalue weighted by Gasteiger charge is -2.45. The second kappa shape index (κ2) is 18.8. The molecule has 0 fully saturated rings. The molecule has 396 valence electrons. The van der Waals surface area contributed by atoms with Crippen molar-refractivity contribution in [3.05, 3.63) is 197 Å². The Balaban J connectivity index is 1.25. The van der Waals surface area contributed by atoms with Crippen LogP contribution in [0.4, 0.5) is 34.1 Å². The standard InChI is InChI=1S/C73H82BN4/c1-45(2)56-22-21-23-57(46(3)4)68(56)78-64-25-20-19-24-63(64)75(18)69(78)58-40-48(27-26-47(58)5)49-41-65-67-66(42-49)77(55-36-30-51(31-37-55)71(9,10)11)62-39-33-53(73(15,16)17)44-60(62)74(67)59-43-52(72(12,13)14)32-38-61(59)76(65)54-34-28-50(29-35-54)70(6,7)8/h19-46H,1-18H3/q+1. The zero-order valence-corrected chi connectivity index (χ0v) is 50.0. The van der Waals surface area contributed by atoms with Gasteiger partial charge in [-0.2, -0.15) is 4.57 Å². The second-order valence-electron chi connectivity index (χ2n) is 27.5. The number of aromatic nitrogens is 2. The van der Waals surface area contributed by atoms with Crippen LogP contribution < -0.4 is 30.8 Å². The fourth-order valence-electron chi connectivity index (χ4n) is 12.5. The average molecular weight is 1030 g/mol. The molecule has 0 spiro atoms. The van der Waals surface area contributed by atoms with E-state index in [1.54, 1.807) is 0 Å². The van der Waals surface area contributed by atoms with Gasteiger partial charge in [-0.05, 0) is 162 Å². The number of fused-ring (bicyclic) bond motifs is 5. The van der Waals surface area contributed by atoms with Crippen molar-refractivity contribution in [3.63, 3.8) is 0 Å². The third-order valence-electron chi connectivity index (χ3n) is 17.2. The van der Waals surface area contributed by atoms with E-state index in [1.165, 1.54) is 117 Å². The Bertz CT molecular complexity index is 3630. The van der Waals surface area contributed by atoms with Gasteiger partial charge in [0.05, 0.1) is 12.6 Å². The zero-order valence-electron chi connectivity index (χ0n) is 50.0. The molecule has 0 unspecified atom stereocenters. The van der Waals surface area contributed by atoms with Gasteiger partial charge in [-0.25, -0.2) is 4.57 Å². The van der Waals surface area contributed by atoms with E-state index in [2.05, 4.69) is 301 Å². The van der Waals surface area contributed by atoms with E-state index in [0.717, 1.165) is 11.4 Å². The molecule has 4 nitrogen and oxygen atoms in total. The zero-order chi connectivity index (χ0) is 55.7. The van der Waals surface area contributed by atoms with Crippen LogP contribution in [-0.4, -0.2) is 11.3 Å². The minimum atomic E-state index is -0.0501. The Morgan fingerprint density at radius 2 is 0.885 bits per heavy atom. The van der Waals surface area contributed by atoms with E-state index < -0.39 is 0 Å². The Morgan fingerprint density at radius 1 is 0.436 bits per heavy atom. The van der Waals surface area contributed by atoms with Crippen LogP contribution in [0, 0.1) is 6.92 Å². The predicted molar refractivity (Wildman–Crippen MR) is 337 cm³/mol. The largest absolute Gasteiger partial charge is 0.311 e. The van der Waals surface area contributed by atoms with Gasteiger partial charge in [-0.1, -0.05) is 202 Å². The molecule has 2 aliphatic heterocycles. The van der Waals surface area contributed by atoms with Crippen LogP contribution in [0.1, 0.15) is 162 Å². The Labute approximate surface area is 467 Å². The number of imidazole rings is 1. The van der Waals surface area contributed by atoms with Crippen LogP contribution in [0.2, 0.25) is 0 Å². The number of hydrogen-bond donors (Lipinski definition) is 0. The maximum Gasteiger partial charge on any atom is 0.295 e. The first-order valence-corrected chi connectivity index (χ1v) is 28.7. The first-order chi connectivity index (χ1) is 36.7. The average Bonchev–Trinajstić information content (AvgIpc) is 3.15.